The smallest absolute Gasteiger partial charge is 0.333 e. The van der Waals surface area contributed by atoms with Gasteiger partial charge in [-0.05, 0) is 19.8 Å². The molecule has 0 aliphatic heterocycles. The minimum atomic E-state index is -0.388. The summed E-state index contributed by atoms with van der Waals surface area (Å²) in [5.74, 6) is -0.388. The summed E-state index contributed by atoms with van der Waals surface area (Å²) in [6.45, 7) is 5.10. The van der Waals surface area contributed by atoms with E-state index in [2.05, 4.69) is 6.58 Å². The Morgan fingerprint density at radius 1 is 1.50 bits per heavy atom. The normalized spacial score (nSPS) is 12.2. The van der Waals surface area contributed by atoms with Gasteiger partial charge in [0.1, 0.15) is 6.61 Å². The molecular formula is C10H17O4. The van der Waals surface area contributed by atoms with Crippen molar-refractivity contribution in [1.29, 1.82) is 0 Å². The SMILES string of the molecule is C=C(C)C(=O)OCCCC(C[O])OC. The zero-order valence-electron chi connectivity index (χ0n) is 8.75. The van der Waals surface area contributed by atoms with E-state index in [4.69, 9.17) is 9.47 Å². The maximum absolute atomic E-state index is 10.9. The van der Waals surface area contributed by atoms with Crippen LogP contribution in [0.1, 0.15) is 19.8 Å². The van der Waals surface area contributed by atoms with Gasteiger partial charge in [0.2, 0.25) is 0 Å². The van der Waals surface area contributed by atoms with Gasteiger partial charge in [-0.15, -0.1) is 0 Å². The Morgan fingerprint density at radius 2 is 2.14 bits per heavy atom. The molecule has 0 spiro atoms. The molecule has 0 aromatic heterocycles. The van der Waals surface area contributed by atoms with Crippen LogP contribution < -0.4 is 0 Å². The van der Waals surface area contributed by atoms with Gasteiger partial charge < -0.3 is 9.47 Å². The molecular weight excluding hydrogens is 184 g/mol. The van der Waals surface area contributed by atoms with Crippen molar-refractivity contribution in [3.63, 3.8) is 0 Å². The summed E-state index contributed by atoms with van der Waals surface area (Å²) in [4.78, 5) is 10.9. The van der Waals surface area contributed by atoms with E-state index in [9.17, 15) is 9.90 Å². The van der Waals surface area contributed by atoms with Gasteiger partial charge >= 0.3 is 5.97 Å². The van der Waals surface area contributed by atoms with Gasteiger partial charge in [-0.25, -0.2) is 9.90 Å². The van der Waals surface area contributed by atoms with Gasteiger partial charge in [0.15, 0.2) is 0 Å². The average Bonchev–Trinajstić information content (AvgIpc) is 2.17. The molecule has 0 aliphatic carbocycles. The maximum Gasteiger partial charge on any atom is 0.333 e. The van der Waals surface area contributed by atoms with Crippen LogP contribution in [0.4, 0.5) is 0 Å². The third kappa shape index (κ3) is 5.72. The largest absolute Gasteiger partial charge is 0.462 e. The highest BCUT2D eigenvalue weighted by Gasteiger charge is 2.07. The van der Waals surface area contributed by atoms with Gasteiger partial charge in [-0.2, -0.15) is 0 Å². The van der Waals surface area contributed by atoms with Crippen molar-refractivity contribution < 1.29 is 19.4 Å². The Morgan fingerprint density at radius 3 is 2.57 bits per heavy atom. The molecule has 1 radical (unpaired) electrons. The molecule has 1 atom stereocenters. The van der Waals surface area contributed by atoms with Crippen LogP contribution in [0, 0.1) is 0 Å². The van der Waals surface area contributed by atoms with E-state index in [1.807, 2.05) is 0 Å². The van der Waals surface area contributed by atoms with Crippen LogP contribution in [-0.2, 0) is 19.4 Å². The molecule has 0 rings (SSSR count). The van der Waals surface area contributed by atoms with E-state index < -0.39 is 0 Å². The number of hydrogen-bond donors (Lipinski definition) is 0. The molecule has 0 bridgehead atoms. The minimum Gasteiger partial charge on any atom is -0.462 e. The summed E-state index contributed by atoms with van der Waals surface area (Å²) in [5, 5.41) is 10.5. The maximum atomic E-state index is 10.9. The molecule has 0 aromatic carbocycles. The lowest BCUT2D eigenvalue weighted by Gasteiger charge is -2.10. The van der Waals surface area contributed by atoms with E-state index in [0.717, 1.165) is 0 Å². The van der Waals surface area contributed by atoms with Crippen LogP contribution in [-0.4, -0.2) is 32.4 Å². The first-order chi connectivity index (χ1) is 6.61. The summed E-state index contributed by atoms with van der Waals surface area (Å²) < 4.78 is 9.73. The van der Waals surface area contributed by atoms with Crippen LogP contribution in [0.15, 0.2) is 12.2 Å². The van der Waals surface area contributed by atoms with Crippen molar-refractivity contribution >= 4 is 5.97 Å². The molecule has 0 saturated heterocycles. The lowest BCUT2D eigenvalue weighted by molar-refractivity contribution is -0.139. The minimum absolute atomic E-state index is 0.259. The van der Waals surface area contributed by atoms with Crippen molar-refractivity contribution in [2.75, 3.05) is 20.3 Å². The number of methoxy groups -OCH3 is 1. The summed E-state index contributed by atoms with van der Waals surface area (Å²) in [7, 11) is 1.50. The van der Waals surface area contributed by atoms with Crippen LogP contribution in [0.3, 0.4) is 0 Å². The fraction of sp³-hybridized carbons (Fsp3) is 0.700. The van der Waals surface area contributed by atoms with Gasteiger partial charge in [-0.3, -0.25) is 0 Å². The molecule has 14 heavy (non-hydrogen) atoms. The number of carbonyl (C=O) groups excluding carboxylic acids is 1. The first-order valence-electron chi connectivity index (χ1n) is 4.55. The quantitative estimate of drug-likeness (QED) is 0.355. The number of esters is 1. The van der Waals surface area contributed by atoms with E-state index in [1.54, 1.807) is 6.92 Å². The third-order valence-corrected chi connectivity index (χ3v) is 1.77. The monoisotopic (exact) mass is 201 g/mol. The highest BCUT2D eigenvalue weighted by atomic mass is 16.5. The molecule has 1 unspecified atom stereocenters. The van der Waals surface area contributed by atoms with Gasteiger partial charge in [0.25, 0.3) is 0 Å². The Balaban J connectivity index is 3.46. The van der Waals surface area contributed by atoms with Gasteiger partial charge in [-0.1, -0.05) is 6.58 Å². The van der Waals surface area contributed by atoms with Crippen molar-refractivity contribution in [3.05, 3.63) is 12.2 Å². The predicted molar refractivity (Wildman–Crippen MR) is 51.4 cm³/mol. The van der Waals surface area contributed by atoms with E-state index >= 15 is 0 Å². The molecule has 0 fully saturated rings. The Labute approximate surface area is 84.5 Å². The van der Waals surface area contributed by atoms with Crippen molar-refractivity contribution in [2.45, 2.75) is 25.9 Å². The molecule has 0 aliphatic rings. The molecule has 4 nitrogen and oxygen atoms in total. The van der Waals surface area contributed by atoms with Crippen molar-refractivity contribution in [3.8, 4) is 0 Å². The topological polar surface area (TPSA) is 55.4 Å². The van der Waals surface area contributed by atoms with Gasteiger partial charge in [0.05, 0.1) is 12.7 Å². The molecule has 4 heteroatoms. The Hall–Kier alpha value is -0.870. The standard InChI is InChI=1S/C10H17O4/c1-8(2)10(12)14-6-4-5-9(7-11)13-3/h9H,1,4-7H2,2-3H3. The van der Waals surface area contributed by atoms with E-state index in [0.29, 0.717) is 25.0 Å². The molecule has 81 valence electrons. The van der Waals surface area contributed by atoms with Crippen LogP contribution in [0.25, 0.3) is 0 Å². The van der Waals surface area contributed by atoms with E-state index in [1.165, 1.54) is 7.11 Å². The van der Waals surface area contributed by atoms with Crippen LogP contribution >= 0.6 is 0 Å². The number of ether oxygens (including phenoxy) is 2. The van der Waals surface area contributed by atoms with Crippen LogP contribution in [0.5, 0.6) is 0 Å². The molecule has 0 aromatic rings. The van der Waals surface area contributed by atoms with Crippen molar-refractivity contribution in [2.24, 2.45) is 0 Å². The summed E-state index contributed by atoms with van der Waals surface area (Å²) >= 11 is 0. The average molecular weight is 201 g/mol. The lowest BCUT2D eigenvalue weighted by atomic mass is 10.2. The van der Waals surface area contributed by atoms with Gasteiger partial charge in [0, 0.05) is 12.7 Å². The fourth-order valence-electron chi connectivity index (χ4n) is 0.868. The molecule has 0 amide bonds. The summed E-state index contributed by atoms with van der Waals surface area (Å²) in [6.07, 6.45) is 0.974. The molecule has 0 N–H and O–H groups in total. The highest BCUT2D eigenvalue weighted by molar-refractivity contribution is 5.86. The summed E-state index contributed by atoms with van der Waals surface area (Å²) in [5.41, 5.74) is 0.386. The fourth-order valence-corrected chi connectivity index (χ4v) is 0.868. The highest BCUT2D eigenvalue weighted by Crippen LogP contribution is 2.02. The number of carbonyl (C=O) groups is 1. The molecule has 0 heterocycles. The predicted octanol–water partition coefficient (Wildman–Crippen LogP) is 1.33. The van der Waals surface area contributed by atoms with Crippen LogP contribution in [0.2, 0.25) is 0 Å². The number of hydrogen-bond acceptors (Lipinski definition) is 3. The Bertz CT molecular complexity index is 185. The van der Waals surface area contributed by atoms with E-state index in [-0.39, 0.29) is 18.7 Å². The first kappa shape index (κ1) is 13.1. The Kier molecular flexibility index (Phi) is 7.06. The molecule has 0 saturated carbocycles. The second kappa shape index (κ2) is 7.53. The zero-order valence-corrected chi connectivity index (χ0v) is 8.75. The second-order valence-corrected chi connectivity index (χ2v) is 3.08. The lowest BCUT2D eigenvalue weighted by Crippen LogP contribution is -2.16. The zero-order chi connectivity index (χ0) is 11.0. The summed E-state index contributed by atoms with van der Waals surface area (Å²) in [6, 6.07) is 0. The number of rotatable bonds is 7. The van der Waals surface area contributed by atoms with Crippen molar-refractivity contribution in [1.82, 2.24) is 0 Å². The second-order valence-electron chi connectivity index (χ2n) is 3.08. The first-order valence-corrected chi connectivity index (χ1v) is 4.55. The third-order valence-electron chi connectivity index (χ3n) is 1.77.